The van der Waals surface area contributed by atoms with Gasteiger partial charge in [0.15, 0.2) is 5.76 Å². The van der Waals surface area contributed by atoms with Crippen LogP contribution < -0.4 is 11.0 Å². The van der Waals surface area contributed by atoms with Gasteiger partial charge in [0.25, 0.3) is 5.91 Å². The molecule has 3 aromatic rings. The van der Waals surface area contributed by atoms with Crippen molar-refractivity contribution in [1.29, 1.82) is 0 Å². The summed E-state index contributed by atoms with van der Waals surface area (Å²) in [6, 6.07) is 6.14. The van der Waals surface area contributed by atoms with Gasteiger partial charge in [0.1, 0.15) is 10.7 Å². The van der Waals surface area contributed by atoms with Gasteiger partial charge in [0.05, 0.1) is 11.0 Å². The minimum absolute atomic E-state index is 0.0139. The summed E-state index contributed by atoms with van der Waals surface area (Å²) in [4.78, 5) is 29.0. The van der Waals surface area contributed by atoms with E-state index in [-0.39, 0.29) is 22.1 Å². The Bertz CT molecular complexity index is 1180. The molecule has 3 heterocycles. The Morgan fingerprint density at radius 2 is 1.85 bits per heavy atom. The Kier molecular flexibility index (Phi) is 4.16. The second-order valence-electron chi connectivity index (χ2n) is 6.44. The molecular weight excluding hydrogens is 372 g/mol. The maximum Gasteiger partial charge on any atom is 0.323 e. The van der Waals surface area contributed by atoms with Crippen LogP contribution in [0.2, 0.25) is 0 Å². The largest absolute Gasteiger partial charge is 0.455 e. The smallest absolute Gasteiger partial charge is 0.323 e. The fourth-order valence-corrected chi connectivity index (χ4v) is 4.88. The van der Waals surface area contributed by atoms with E-state index in [1.807, 2.05) is 0 Å². The Morgan fingerprint density at radius 3 is 2.59 bits per heavy atom. The van der Waals surface area contributed by atoms with Gasteiger partial charge in [-0.2, -0.15) is 4.31 Å². The first kappa shape index (κ1) is 17.6. The van der Waals surface area contributed by atoms with Gasteiger partial charge in [0.2, 0.25) is 10.0 Å². The number of nitrogens with one attached hydrogen (secondary N) is 3. The van der Waals surface area contributed by atoms with Crippen LogP contribution in [0, 0.1) is 6.92 Å². The van der Waals surface area contributed by atoms with Gasteiger partial charge in [-0.25, -0.2) is 13.2 Å². The number of fused-ring (bicyclic) bond motifs is 1. The van der Waals surface area contributed by atoms with E-state index in [9.17, 15) is 18.0 Å². The third-order valence-electron chi connectivity index (χ3n) is 4.55. The molecule has 10 heteroatoms. The molecule has 0 bridgehead atoms. The maximum atomic E-state index is 12.7. The number of amides is 1. The standard InChI is InChI=1S/C17H18N4O5S/c1-10-15(27(24,25)21-6-2-3-7-21)9-14(26-10)16(22)18-11-4-5-12-13(8-11)20-17(23)19-12/h4-5,8-9H,2-3,6-7H2,1H3,(H,18,22)(H2,19,20,23). The van der Waals surface area contributed by atoms with Crippen molar-refractivity contribution < 1.29 is 17.6 Å². The molecule has 1 aromatic carbocycles. The normalized spacial score (nSPS) is 15.4. The number of carbonyl (C=O) groups is 1. The van der Waals surface area contributed by atoms with E-state index in [0.717, 1.165) is 12.8 Å². The van der Waals surface area contributed by atoms with Crippen LogP contribution in [0.3, 0.4) is 0 Å². The molecule has 3 N–H and O–H groups in total. The SMILES string of the molecule is Cc1oc(C(=O)Nc2ccc3[nH]c(=O)[nH]c3c2)cc1S(=O)(=O)N1CCCC1. The Hall–Kier alpha value is -2.85. The molecule has 2 aromatic heterocycles. The van der Waals surface area contributed by atoms with Crippen molar-refractivity contribution in [3.63, 3.8) is 0 Å². The van der Waals surface area contributed by atoms with Crippen molar-refractivity contribution in [2.24, 2.45) is 0 Å². The van der Waals surface area contributed by atoms with Gasteiger partial charge in [-0.3, -0.25) is 4.79 Å². The van der Waals surface area contributed by atoms with Crippen LogP contribution >= 0.6 is 0 Å². The van der Waals surface area contributed by atoms with Gasteiger partial charge in [-0.1, -0.05) is 0 Å². The molecule has 0 atom stereocenters. The fraction of sp³-hybridized carbons (Fsp3) is 0.294. The lowest BCUT2D eigenvalue weighted by Gasteiger charge is -2.14. The summed E-state index contributed by atoms with van der Waals surface area (Å²) >= 11 is 0. The van der Waals surface area contributed by atoms with E-state index < -0.39 is 15.9 Å². The highest BCUT2D eigenvalue weighted by Crippen LogP contribution is 2.27. The highest BCUT2D eigenvalue weighted by atomic mass is 32.2. The lowest BCUT2D eigenvalue weighted by molar-refractivity contribution is 0.0995. The average Bonchev–Trinajstić information content (AvgIpc) is 3.32. The topological polar surface area (TPSA) is 128 Å². The molecular formula is C17H18N4O5S. The zero-order valence-corrected chi connectivity index (χ0v) is 15.4. The second kappa shape index (κ2) is 6.39. The predicted molar refractivity (Wildman–Crippen MR) is 98.3 cm³/mol. The van der Waals surface area contributed by atoms with Crippen molar-refractivity contribution >= 4 is 32.7 Å². The summed E-state index contributed by atoms with van der Waals surface area (Å²) in [5.41, 5.74) is 1.27. The second-order valence-corrected chi connectivity index (χ2v) is 8.34. The first-order valence-electron chi connectivity index (χ1n) is 8.48. The van der Waals surface area contributed by atoms with E-state index >= 15 is 0 Å². The number of hydrogen-bond donors (Lipinski definition) is 3. The zero-order valence-electron chi connectivity index (χ0n) is 14.5. The molecule has 0 spiro atoms. The summed E-state index contributed by atoms with van der Waals surface area (Å²) in [6.07, 6.45) is 1.65. The lowest BCUT2D eigenvalue weighted by Crippen LogP contribution is -2.28. The minimum atomic E-state index is -3.67. The van der Waals surface area contributed by atoms with Crippen LogP contribution in [0.5, 0.6) is 0 Å². The van der Waals surface area contributed by atoms with Crippen molar-refractivity contribution in [3.8, 4) is 0 Å². The molecule has 9 nitrogen and oxygen atoms in total. The number of imidazole rings is 1. The minimum Gasteiger partial charge on any atom is -0.455 e. The number of aromatic nitrogens is 2. The van der Waals surface area contributed by atoms with Gasteiger partial charge in [0, 0.05) is 24.8 Å². The van der Waals surface area contributed by atoms with E-state index in [4.69, 9.17) is 4.42 Å². The number of anilines is 1. The fourth-order valence-electron chi connectivity index (χ4n) is 3.20. The molecule has 1 fully saturated rings. The number of rotatable bonds is 4. The van der Waals surface area contributed by atoms with Crippen LogP contribution in [0.1, 0.15) is 29.2 Å². The molecule has 1 amide bonds. The van der Waals surface area contributed by atoms with Crippen molar-refractivity contribution in [2.45, 2.75) is 24.7 Å². The Labute approximate surface area is 154 Å². The van der Waals surface area contributed by atoms with Crippen LogP contribution in [0.4, 0.5) is 5.69 Å². The van der Waals surface area contributed by atoms with Crippen LogP contribution in [0.25, 0.3) is 11.0 Å². The van der Waals surface area contributed by atoms with E-state index in [2.05, 4.69) is 15.3 Å². The monoisotopic (exact) mass is 390 g/mol. The molecule has 1 aliphatic heterocycles. The molecule has 0 unspecified atom stereocenters. The van der Waals surface area contributed by atoms with Crippen molar-refractivity contribution in [1.82, 2.24) is 14.3 Å². The molecule has 0 radical (unpaired) electrons. The molecule has 1 saturated heterocycles. The van der Waals surface area contributed by atoms with Crippen molar-refractivity contribution in [2.75, 3.05) is 18.4 Å². The van der Waals surface area contributed by atoms with E-state index in [1.165, 1.54) is 17.3 Å². The first-order valence-corrected chi connectivity index (χ1v) is 9.92. The van der Waals surface area contributed by atoms with Gasteiger partial charge < -0.3 is 19.7 Å². The average molecular weight is 390 g/mol. The summed E-state index contributed by atoms with van der Waals surface area (Å²) in [6.45, 7) is 2.48. The molecule has 4 rings (SSSR count). The quantitative estimate of drug-likeness (QED) is 0.626. The molecule has 142 valence electrons. The molecule has 27 heavy (non-hydrogen) atoms. The number of aromatic amines is 2. The maximum absolute atomic E-state index is 12.7. The highest BCUT2D eigenvalue weighted by Gasteiger charge is 2.31. The predicted octanol–water partition coefficient (Wildman–Crippen LogP) is 1.79. The van der Waals surface area contributed by atoms with E-state index in [1.54, 1.807) is 18.2 Å². The first-order chi connectivity index (χ1) is 12.8. The third kappa shape index (κ3) is 3.17. The third-order valence-corrected chi connectivity index (χ3v) is 6.56. The van der Waals surface area contributed by atoms with Crippen LogP contribution in [-0.2, 0) is 10.0 Å². The van der Waals surface area contributed by atoms with E-state index in [0.29, 0.717) is 29.8 Å². The van der Waals surface area contributed by atoms with Gasteiger partial charge >= 0.3 is 5.69 Å². The summed E-state index contributed by atoms with van der Waals surface area (Å²) in [5, 5.41) is 2.64. The lowest BCUT2D eigenvalue weighted by atomic mass is 10.2. The van der Waals surface area contributed by atoms with Crippen LogP contribution in [-0.4, -0.2) is 41.7 Å². The molecule has 0 aliphatic carbocycles. The highest BCUT2D eigenvalue weighted by molar-refractivity contribution is 7.89. The van der Waals surface area contributed by atoms with Gasteiger partial charge in [-0.05, 0) is 38.0 Å². The number of benzene rings is 1. The van der Waals surface area contributed by atoms with Crippen molar-refractivity contribution in [3.05, 3.63) is 46.3 Å². The van der Waals surface area contributed by atoms with Crippen LogP contribution in [0.15, 0.2) is 38.4 Å². The Morgan fingerprint density at radius 1 is 1.15 bits per heavy atom. The number of nitrogens with zero attached hydrogens (tertiary/aromatic N) is 1. The molecule has 1 aliphatic rings. The number of hydrogen-bond acceptors (Lipinski definition) is 5. The summed E-state index contributed by atoms with van der Waals surface area (Å²) < 4.78 is 32.2. The summed E-state index contributed by atoms with van der Waals surface area (Å²) in [5.74, 6) is -0.483. The number of carbonyl (C=O) groups excluding carboxylic acids is 1. The zero-order chi connectivity index (χ0) is 19.2. The number of aryl methyl sites for hydroxylation is 1. The summed E-state index contributed by atoms with van der Waals surface area (Å²) in [7, 11) is -3.67. The number of sulfonamides is 1. The number of H-pyrrole nitrogens is 2. The Balaban J connectivity index is 1.59. The molecule has 0 saturated carbocycles. The van der Waals surface area contributed by atoms with Gasteiger partial charge in [-0.15, -0.1) is 0 Å². The number of furan rings is 1.